The fourth-order valence-corrected chi connectivity index (χ4v) is 6.06. The summed E-state index contributed by atoms with van der Waals surface area (Å²) in [6, 6.07) is 11.7. The first-order valence-corrected chi connectivity index (χ1v) is 13.8. The highest BCUT2D eigenvalue weighted by atomic mass is 32.2. The molecule has 33 heavy (non-hydrogen) atoms. The number of carbonyl (C=O) groups excluding carboxylic acids is 1. The predicted octanol–water partition coefficient (Wildman–Crippen LogP) is 2.44. The summed E-state index contributed by atoms with van der Waals surface area (Å²) in [7, 11) is -4.81. The van der Waals surface area contributed by atoms with E-state index in [2.05, 4.69) is 5.32 Å². The molecule has 11 heteroatoms. The van der Waals surface area contributed by atoms with Crippen LogP contribution >= 0.6 is 0 Å². The molecule has 0 spiro atoms. The Kier molecular flexibility index (Phi) is 7.78. The minimum absolute atomic E-state index is 0.0440. The van der Waals surface area contributed by atoms with Crippen molar-refractivity contribution in [1.29, 1.82) is 0 Å². The van der Waals surface area contributed by atoms with Crippen molar-refractivity contribution >= 4 is 31.6 Å². The number of hydrogen-bond acceptors (Lipinski definition) is 6. The van der Waals surface area contributed by atoms with Crippen LogP contribution in [-0.4, -0.2) is 64.9 Å². The molecule has 1 atom stereocenters. The summed E-state index contributed by atoms with van der Waals surface area (Å²) in [6.07, 6.45) is 3.57. The quantitative estimate of drug-likeness (QED) is 0.602. The zero-order chi connectivity index (χ0) is 24.2. The molecule has 1 fully saturated rings. The van der Waals surface area contributed by atoms with Gasteiger partial charge in [-0.1, -0.05) is 36.8 Å². The summed E-state index contributed by atoms with van der Waals surface area (Å²) in [5.74, 6) is -0.438. The van der Waals surface area contributed by atoms with Gasteiger partial charge in [-0.05, 0) is 36.6 Å². The molecule has 1 heterocycles. The van der Waals surface area contributed by atoms with Crippen LogP contribution in [0.1, 0.15) is 30.9 Å². The van der Waals surface area contributed by atoms with Crippen molar-refractivity contribution in [2.75, 3.05) is 38.8 Å². The molecular weight excluding hydrogens is 466 g/mol. The second kappa shape index (κ2) is 10.2. The Labute approximate surface area is 195 Å². The van der Waals surface area contributed by atoms with Crippen molar-refractivity contribution in [3.63, 3.8) is 0 Å². The monoisotopic (exact) mass is 495 g/mol. The highest BCUT2D eigenvalue weighted by molar-refractivity contribution is 7.89. The van der Waals surface area contributed by atoms with Crippen molar-refractivity contribution in [2.45, 2.75) is 30.2 Å². The number of nitrogens with zero attached hydrogens (tertiary/aromatic N) is 2. The number of carbonyl (C=O) groups is 1. The lowest BCUT2D eigenvalue weighted by atomic mass is 10.1. The van der Waals surface area contributed by atoms with Gasteiger partial charge in [-0.2, -0.15) is 8.61 Å². The summed E-state index contributed by atoms with van der Waals surface area (Å²) in [4.78, 5) is 13.2. The molecule has 1 aliphatic heterocycles. The van der Waals surface area contributed by atoms with Gasteiger partial charge >= 0.3 is 0 Å². The van der Waals surface area contributed by atoms with E-state index >= 15 is 0 Å². The highest BCUT2D eigenvalue weighted by Crippen LogP contribution is 2.32. The summed E-state index contributed by atoms with van der Waals surface area (Å²) >= 11 is 0. The average molecular weight is 496 g/mol. The first kappa shape index (κ1) is 25.2. The van der Waals surface area contributed by atoms with Gasteiger partial charge in [0.2, 0.25) is 26.0 Å². The maximum Gasteiger partial charge on any atom is 0.247 e. The van der Waals surface area contributed by atoms with Crippen LogP contribution in [0.3, 0.4) is 0 Å². The Bertz CT molecular complexity index is 1190. The van der Waals surface area contributed by atoms with Crippen LogP contribution in [0, 0.1) is 0 Å². The molecule has 0 radical (unpaired) electrons. The summed E-state index contributed by atoms with van der Waals surface area (Å²) in [5.41, 5.74) is 0.705. The molecule has 0 aromatic heterocycles. The van der Waals surface area contributed by atoms with E-state index in [0.29, 0.717) is 18.7 Å². The Morgan fingerprint density at radius 2 is 1.67 bits per heavy atom. The maximum atomic E-state index is 13.2. The number of rotatable bonds is 8. The molecule has 0 aliphatic carbocycles. The highest BCUT2D eigenvalue weighted by Gasteiger charge is 2.32. The Balaban J connectivity index is 1.96. The number of anilines is 1. The largest absolute Gasteiger partial charge is 0.495 e. The molecule has 0 bridgehead atoms. The second-order valence-electron chi connectivity index (χ2n) is 7.91. The van der Waals surface area contributed by atoms with Crippen molar-refractivity contribution in [1.82, 2.24) is 8.61 Å². The molecule has 180 valence electrons. The number of nitrogens with one attached hydrogen (secondary N) is 1. The van der Waals surface area contributed by atoms with E-state index in [4.69, 9.17) is 4.74 Å². The summed E-state index contributed by atoms with van der Waals surface area (Å²) in [5, 5.41) is 2.68. The number of hydrogen-bond donors (Lipinski definition) is 1. The van der Waals surface area contributed by atoms with Gasteiger partial charge in [0.15, 0.2) is 0 Å². The molecular formula is C22H29N3O6S2. The van der Waals surface area contributed by atoms with Crippen molar-refractivity contribution in [3.05, 3.63) is 54.1 Å². The van der Waals surface area contributed by atoms with Crippen LogP contribution in [0.4, 0.5) is 5.69 Å². The zero-order valence-corrected chi connectivity index (χ0v) is 20.5. The third-order valence-corrected chi connectivity index (χ3v) is 8.79. The maximum absolute atomic E-state index is 13.2. The first-order chi connectivity index (χ1) is 15.6. The minimum atomic E-state index is -3.82. The summed E-state index contributed by atoms with van der Waals surface area (Å²) < 4.78 is 58.6. The van der Waals surface area contributed by atoms with Gasteiger partial charge < -0.3 is 10.1 Å². The molecule has 2 aromatic carbocycles. The standard InChI is InChI=1S/C22H29N3O6S2/c1-24(32(3,27)28)21(17-10-6-4-7-11-17)22(26)23-18-12-13-19(31-2)20(16-18)33(29,30)25-14-8-5-9-15-25/h4,6-7,10-13,16,21H,5,8-9,14-15H2,1-3H3,(H,23,26)/t21-/m0/s1. The van der Waals surface area contributed by atoms with Gasteiger partial charge in [-0.15, -0.1) is 0 Å². The van der Waals surface area contributed by atoms with E-state index in [-0.39, 0.29) is 16.3 Å². The fourth-order valence-electron chi connectivity index (χ4n) is 3.76. The Hall–Kier alpha value is -2.47. The van der Waals surface area contributed by atoms with Gasteiger partial charge in [0.25, 0.3) is 0 Å². The van der Waals surface area contributed by atoms with E-state index < -0.39 is 32.0 Å². The number of methoxy groups -OCH3 is 1. The van der Waals surface area contributed by atoms with Gasteiger partial charge in [-0.3, -0.25) is 4.79 Å². The van der Waals surface area contributed by atoms with E-state index in [0.717, 1.165) is 29.8 Å². The van der Waals surface area contributed by atoms with Crippen LogP contribution < -0.4 is 10.1 Å². The Morgan fingerprint density at radius 3 is 2.24 bits per heavy atom. The van der Waals surface area contributed by atoms with E-state index in [9.17, 15) is 21.6 Å². The molecule has 9 nitrogen and oxygen atoms in total. The van der Waals surface area contributed by atoms with Crippen LogP contribution in [-0.2, 0) is 24.8 Å². The lowest BCUT2D eigenvalue weighted by Crippen LogP contribution is -2.38. The normalized spacial score (nSPS) is 16.4. The van der Waals surface area contributed by atoms with Crippen LogP contribution in [0.5, 0.6) is 5.75 Å². The number of piperidine rings is 1. The van der Waals surface area contributed by atoms with Crippen molar-refractivity contribution < 1.29 is 26.4 Å². The number of likely N-dealkylation sites (N-methyl/N-ethyl adjacent to an activating group) is 1. The molecule has 1 N–H and O–H groups in total. The lowest BCUT2D eigenvalue weighted by molar-refractivity contribution is -0.119. The Morgan fingerprint density at radius 1 is 1.03 bits per heavy atom. The van der Waals surface area contributed by atoms with E-state index in [1.54, 1.807) is 30.3 Å². The number of amides is 1. The molecule has 1 saturated heterocycles. The van der Waals surface area contributed by atoms with Crippen LogP contribution in [0.2, 0.25) is 0 Å². The van der Waals surface area contributed by atoms with Gasteiger partial charge in [-0.25, -0.2) is 16.8 Å². The van der Waals surface area contributed by atoms with Crippen LogP contribution in [0.15, 0.2) is 53.4 Å². The molecule has 0 saturated carbocycles. The fraction of sp³-hybridized carbons (Fsp3) is 0.409. The predicted molar refractivity (Wildman–Crippen MR) is 126 cm³/mol. The van der Waals surface area contributed by atoms with Crippen molar-refractivity contribution in [3.8, 4) is 5.75 Å². The minimum Gasteiger partial charge on any atom is -0.495 e. The topological polar surface area (TPSA) is 113 Å². The van der Waals surface area contributed by atoms with Crippen LogP contribution in [0.25, 0.3) is 0 Å². The number of sulfonamides is 2. The first-order valence-electron chi connectivity index (χ1n) is 10.5. The van der Waals surface area contributed by atoms with Gasteiger partial charge in [0.1, 0.15) is 16.7 Å². The lowest BCUT2D eigenvalue weighted by Gasteiger charge is -2.27. The number of ether oxygens (including phenoxy) is 1. The average Bonchev–Trinajstić information content (AvgIpc) is 2.80. The third kappa shape index (κ3) is 5.72. The van der Waals surface area contributed by atoms with Gasteiger partial charge in [0, 0.05) is 25.8 Å². The smallest absolute Gasteiger partial charge is 0.247 e. The molecule has 0 unspecified atom stereocenters. The van der Waals surface area contributed by atoms with Gasteiger partial charge in [0.05, 0.1) is 13.4 Å². The molecule has 3 rings (SSSR count). The zero-order valence-electron chi connectivity index (χ0n) is 18.9. The van der Waals surface area contributed by atoms with Crippen molar-refractivity contribution in [2.24, 2.45) is 0 Å². The molecule has 1 aliphatic rings. The SMILES string of the molecule is COc1ccc(NC(=O)[C@H](c2ccccc2)N(C)S(C)(=O)=O)cc1S(=O)(=O)N1CCCCC1. The molecule has 2 aromatic rings. The molecule has 1 amide bonds. The van der Waals surface area contributed by atoms with E-state index in [1.807, 2.05) is 0 Å². The summed E-state index contributed by atoms with van der Waals surface area (Å²) in [6.45, 7) is 0.856. The van der Waals surface area contributed by atoms with E-state index in [1.165, 1.54) is 36.7 Å². The second-order valence-corrected chi connectivity index (χ2v) is 11.9. The number of benzene rings is 2. The third-order valence-electron chi connectivity index (χ3n) is 5.61.